The molecule has 1 amide bonds. The summed E-state index contributed by atoms with van der Waals surface area (Å²) in [6.07, 6.45) is 7.53. The SMILES string of the molecule is O=C1c2nn(-c3ccc(N4CCCC4)nc3)nc2CN1c1cccnc1. The molecule has 0 spiro atoms. The highest BCUT2D eigenvalue weighted by atomic mass is 16.2. The Morgan fingerprint density at radius 3 is 2.54 bits per heavy atom. The van der Waals surface area contributed by atoms with Crippen molar-refractivity contribution in [3.8, 4) is 5.69 Å². The Kier molecular flexibility index (Phi) is 3.41. The second kappa shape index (κ2) is 5.91. The first-order valence-corrected chi connectivity index (χ1v) is 8.69. The first-order valence-electron chi connectivity index (χ1n) is 8.69. The fraction of sp³-hybridized carbons (Fsp3) is 0.278. The summed E-state index contributed by atoms with van der Waals surface area (Å²) in [5.41, 5.74) is 2.56. The van der Waals surface area contributed by atoms with Crippen LogP contribution >= 0.6 is 0 Å². The van der Waals surface area contributed by atoms with Gasteiger partial charge in [-0.2, -0.15) is 5.10 Å². The lowest BCUT2D eigenvalue weighted by atomic mass is 10.4. The standard InChI is InChI=1S/C18H17N7O/c26-18-17-15(12-24(18)13-4-3-7-19-10-13)21-25(22-17)14-5-6-16(20-11-14)23-8-1-2-9-23/h3-7,10-11H,1-2,8-9,12H2. The average molecular weight is 347 g/mol. The number of carbonyl (C=O) groups is 1. The van der Waals surface area contributed by atoms with Crippen molar-refractivity contribution in [2.24, 2.45) is 0 Å². The summed E-state index contributed by atoms with van der Waals surface area (Å²) in [5.74, 6) is 0.825. The van der Waals surface area contributed by atoms with Gasteiger partial charge < -0.3 is 4.90 Å². The molecule has 5 rings (SSSR count). The summed E-state index contributed by atoms with van der Waals surface area (Å²) in [4.78, 5) is 26.6. The van der Waals surface area contributed by atoms with Crippen molar-refractivity contribution in [2.45, 2.75) is 19.4 Å². The molecule has 130 valence electrons. The zero-order valence-electron chi connectivity index (χ0n) is 14.1. The molecular weight excluding hydrogens is 330 g/mol. The second-order valence-electron chi connectivity index (χ2n) is 6.46. The van der Waals surface area contributed by atoms with Gasteiger partial charge in [0.15, 0.2) is 5.69 Å². The Bertz CT molecular complexity index is 945. The molecule has 8 nitrogen and oxygen atoms in total. The summed E-state index contributed by atoms with van der Waals surface area (Å²) in [6.45, 7) is 2.51. The van der Waals surface area contributed by atoms with Gasteiger partial charge >= 0.3 is 0 Å². The van der Waals surface area contributed by atoms with Crippen LogP contribution in [-0.2, 0) is 6.54 Å². The zero-order chi connectivity index (χ0) is 17.5. The summed E-state index contributed by atoms with van der Waals surface area (Å²) >= 11 is 0. The minimum absolute atomic E-state index is 0.152. The summed E-state index contributed by atoms with van der Waals surface area (Å²) in [6, 6.07) is 7.59. The van der Waals surface area contributed by atoms with E-state index in [9.17, 15) is 4.79 Å². The average Bonchev–Trinajstić information content (AvgIpc) is 3.41. The molecule has 3 aromatic heterocycles. The van der Waals surface area contributed by atoms with E-state index in [0.717, 1.165) is 30.3 Å². The largest absolute Gasteiger partial charge is 0.357 e. The first-order chi connectivity index (χ1) is 12.8. The number of carbonyl (C=O) groups excluding carboxylic acids is 1. The predicted molar refractivity (Wildman–Crippen MR) is 95.4 cm³/mol. The van der Waals surface area contributed by atoms with E-state index in [4.69, 9.17) is 0 Å². The third-order valence-corrected chi connectivity index (χ3v) is 4.79. The van der Waals surface area contributed by atoms with Crippen molar-refractivity contribution >= 4 is 17.4 Å². The van der Waals surface area contributed by atoms with E-state index in [1.54, 1.807) is 29.6 Å². The van der Waals surface area contributed by atoms with Crippen molar-refractivity contribution < 1.29 is 4.79 Å². The molecule has 0 unspecified atom stereocenters. The van der Waals surface area contributed by atoms with Crippen LogP contribution in [0.2, 0.25) is 0 Å². The van der Waals surface area contributed by atoms with Crippen LogP contribution in [0.4, 0.5) is 11.5 Å². The Morgan fingerprint density at radius 1 is 0.962 bits per heavy atom. The van der Waals surface area contributed by atoms with Crippen LogP contribution in [0.1, 0.15) is 29.0 Å². The van der Waals surface area contributed by atoms with Gasteiger partial charge in [0.2, 0.25) is 0 Å². The highest BCUT2D eigenvalue weighted by molar-refractivity contribution is 6.08. The van der Waals surface area contributed by atoms with Crippen molar-refractivity contribution in [3.63, 3.8) is 0 Å². The minimum Gasteiger partial charge on any atom is -0.357 e. The van der Waals surface area contributed by atoms with Crippen LogP contribution in [0, 0.1) is 0 Å². The highest BCUT2D eigenvalue weighted by Crippen LogP contribution is 2.26. The number of hydrogen-bond acceptors (Lipinski definition) is 6. The topological polar surface area (TPSA) is 80.0 Å². The molecule has 1 fully saturated rings. The molecule has 0 saturated carbocycles. The Hall–Kier alpha value is -3.29. The highest BCUT2D eigenvalue weighted by Gasteiger charge is 2.34. The van der Waals surface area contributed by atoms with Crippen LogP contribution < -0.4 is 9.80 Å². The van der Waals surface area contributed by atoms with Crippen molar-refractivity contribution in [3.05, 3.63) is 54.2 Å². The first kappa shape index (κ1) is 15.0. The fourth-order valence-electron chi connectivity index (χ4n) is 3.43. The molecule has 2 aliphatic rings. The fourth-order valence-corrected chi connectivity index (χ4v) is 3.43. The van der Waals surface area contributed by atoms with E-state index < -0.39 is 0 Å². The van der Waals surface area contributed by atoms with Gasteiger partial charge in [0.05, 0.1) is 24.6 Å². The van der Waals surface area contributed by atoms with E-state index >= 15 is 0 Å². The van der Waals surface area contributed by atoms with E-state index in [0.29, 0.717) is 17.9 Å². The van der Waals surface area contributed by atoms with Gasteiger partial charge in [0.1, 0.15) is 17.2 Å². The van der Waals surface area contributed by atoms with Gasteiger partial charge in [-0.15, -0.1) is 9.90 Å². The van der Waals surface area contributed by atoms with Crippen LogP contribution in [0.25, 0.3) is 5.69 Å². The third kappa shape index (κ3) is 2.42. The molecule has 3 aromatic rings. The van der Waals surface area contributed by atoms with Crippen LogP contribution in [0.5, 0.6) is 0 Å². The number of nitrogens with zero attached hydrogens (tertiary/aromatic N) is 7. The Labute approximate surface area is 150 Å². The Morgan fingerprint density at radius 2 is 1.85 bits per heavy atom. The monoisotopic (exact) mass is 347 g/mol. The van der Waals surface area contributed by atoms with E-state index in [1.165, 1.54) is 17.6 Å². The number of aromatic nitrogens is 5. The van der Waals surface area contributed by atoms with Gasteiger partial charge in [-0.25, -0.2) is 4.98 Å². The van der Waals surface area contributed by atoms with Gasteiger partial charge in [-0.3, -0.25) is 14.7 Å². The molecule has 8 heteroatoms. The molecular formula is C18H17N7O. The predicted octanol–water partition coefficient (Wildman–Crippen LogP) is 1.82. The number of fused-ring (bicyclic) bond motifs is 1. The van der Waals surface area contributed by atoms with Crippen LogP contribution in [0.15, 0.2) is 42.9 Å². The van der Waals surface area contributed by atoms with E-state index in [2.05, 4.69) is 25.1 Å². The van der Waals surface area contributed by atoms with Crippen LogP contribution in [0.3, 0.4) is 0 Å². The molecule has 0 aliphatic carbocycles. The number of anilines is 2. The van der Waals surface area contributed by atoms with Crippen molar-refractivity contribution in [2.75, 3.05) is 22.9 Å². The van der Waals surface area contributed by atoms with Gasteiger partial charge in [-0.05, 0) is 37.1 Å². The molecule has 0 N–H and O–H groups in total. The van der Waals surface area contributed by atoms with E-state index in [-0.39, 0.29) is 5.91 Å². The summed E-state index contributed by atoms with van der Waals surface area (Å²) in [7, 11) is 0. The maximum Gasteiger partial charge on any atom is 0.281 e. The lowest BCUT2D eigenvalue weighted by Crippen LogP contribution is -2.24. The quantitative estimate of drug-likeness (QED) is 0.719. The van der Waals surface area contributed by atoms with Crippen molar-refractivity contribution in [1.29, 1.82) is 0 Å². The molecule has 0 atom stereocenters. The molecule has 2 aliphatic heterocycles. The smallest absolute Gasteiger partial charge is 0.281 e. The summed E-state index contributed by atoms with van der Waals surface area (Å²) < 4.78 is 0. The Balaban J connectivity index is 1.39. The number of amides is 1. The maximum absolute atomic E-state index is 12.6. The minimum atomic E-state index is -0.152. The van der Waals surface area contributed by atoms with Gasteiger partial charge in [-0.1, -0.05) is 0 Å². The zero-order valence-corrected chi connectivity index (χ0v) is 14.1. The molecule has 0 radical (unpaired) electrons. The number of hydrogen-bond donors (Lipinski definition) is 0. The molecule has 1 saturated heterocycles. The van der Waals surface area contributed by atoms with Gasteiger partial charge in [0, 0.05) is 19.3 Å². The normalized spacial score (nSPS) is 16.4. The van der Waals surface area contributed by atoms with Gasteiger partial charge in [0.25, 0.3) is 5.91 Å². The third-order valence-electron chi connectivity index (χ3n) is 4.79. The molecule has 0 bridgehead atoms. The second-order valence-corrected chi connectivity index (χ2v) is 6.46. The number of pyridine rings is 2. The molecule has 0 aromatic carbocycles. The van der Waals surface area contributed by atoms with Crippen LogP contribution in [-0.4, -0.2) is 44.0 Å². The van der Waals surface area contributed by atoms with Crippen molar-refractivity contribution in [1.82, 2.24) is 25.0 Å². The molecule has 26 heavy (non-hydrogen) atoms. The lowest BCUT2D eigenvalue weighted by molar-refractivity contribution is 0.0991. The molecule has 5 heterocycles. The summed E-state index contributed by atoms with van der Waals surface area (Å²) in [5, 5.41) is 8.87. The lowest BCUT2D eigenvalue weighted by Gasteiger charge is -2.16. The van der Waals surface area contributed by atoms with E-state index in [1.807, 2.05) is 18.2 Å². The number of rotatable bonds is 3. The maximum atomic E-state index is 12.6.